The summed E-state index contributed by atoms with van der Waals surface area (Å²) in [6, 6.07) is 11.1. The summed E-state index contributed by atoms with van der Waals surface area (Å²) >= 11 is 1.98. The van der Waals surface area contributed by atoms with E-state index in [0.717, 1.165) is 24.3 Å². The third kappa shape index (κ3) is 5.53. The zero-order valence-electron chi connectivity index (χ0n) is 15.7. The van der Waals surface area contributed by atoms with Crippen LogP contribution in [0.25, 0.3) is 0 Å². The smallest absolute Gasteiger partial charge is 0.191 e. The maximum atomic E-state index is 4.80. The quantitative estimate of drug-likeness (QED) is 0.579. The molecule has 26 heavy (non-hydrogen) atoms. The Morgan fingerprint density at radius 3 is 2.92 bits per heavy atom. The molecule has 0 radical (unpaired) electrons. The molecule has 1 aliphatic carbocycles. The van der Waals surface area contributed by atoms with Gasteiger partial charge in [-0.05, 0) is 49.6 Å². The first kappa shape index (κ1) is 18.8. The van der Waals surface area contributed by atoms with Crippen molar-refractivity contribution in [3.63, 3.8) is 0 Å². The lowest BCUT2D eigenvalue weighted by molar-refractivity contribution is 0.615. The van der Waals surface area contributed by atoms with E-state index in [4.69, 9.17) is 4.99 Å². The van der Waals surface area contributed by atoms with E-state index >= 15 is 0 Å². The molecule has 2 atom stereocenters. The molecule has 5 nitrogen and oxygen atoms in total. The topological polar surface area (TPSA) is 54.2 Å². The molecule has 1 heterocycles. The molecule has 6 heteroatoms. The molecule has 1 aliphatic rings. The predicted molar refractivity (Wildman–Crippen MR) is 111 cm³/mol. The van der Waals surface area contributed by atoms with Gasteiger partial charge in [0.25, 0.3) is 0 Å². The average molecular weight is 372 g/mol. The largest absolute Gasteiger partial charge is 0.357 e. The van der Waals surface area contributed by atoms with Gasteiger partial charge in [-0.3, -0.25) is 4.68 Å². The summed E-state index contributed by atoms with van der Waals surface area (Å²) in [6.45, 7) is 4.47. The van der Waals surface area contributed by atoms with E-state index in [-0.39, 0.29) is 0 Å². The second-order valence-corrected chi connectivity index (χ2v) is 7.87. The second-order valence-electron chi connectivity index (χ2n) is 6.73. The van der Waals surface area contributed by atoms with Crippen LogP contribution in [-0.4, -0.2) is 39.8 Å². The lowest BCUT2D eigenvalue weighted by Crippen LogP contribution is -2.42. The van der Waals surface area contributed by atoms with Crippen molar-refractivity contribution in [3.8, 4) is 0 Å². The Labute approximate surface area is 160 Å². The molecule has 0 amide bonds. The maximum absolute atomic E-state index is 4.80. The summed E-state index contributed by atoms with van der Waals surface area (Å²) in [5.74, 6) is 0.928. The summed E-state index contributed by atoms with van der Waals surface area (Å²) in [7, 11) is 0. The highest BCUT2D eigenvalue weighted by Gasteiger charge is 2.24. The van der Waals surface area contributed by atoms with Crippen LogP contribution in [0.3, 0.4) is 0 Å². The number of aliphatic imine (C=N–C) groups is 1. The van der Waals surface area contributed by atoms with E-state index in [2.05, 4.69) is 53.2 Å². The molecular weight excluding hydrogens is 342 g/mol. The number of hydrogen-bond donors (Lipinski definition) is 2. The van der Waals surface area contributed by atoms with Crippen molar-refractivity contribution >= 4 is 17.7 Å². The van der Waals surface area contributed by atoms with Crippen LogP contribution in [0.5, 0.6) is 0 Å². The third-order valence-electron chi connectivity index (χ3n) is 4.72. The fourth-order valence-electron chi connectivity index (χ4n) is 3.38. The van der Waals surface area contributed by atoms with E-state index in [1.165, 1.54) is 30.4 Å². The van der Waals surface area contributed by atoms with E-state index < -0.39 is 0 Å². The molecule has 140 valence electrons. The van der Waals surface area contributed by atoms with Crippen LogP contribution < -0.4 is 10.6 Å². The molecule has 0 saturated heterocycles. The summed E-state index contributed by atoms with van der Waals surface area (Å²) in [5, 5.41) is 12.1. The normalized spacial score (nSPS) is 20.3. The van der Waals surface area contributed by atoms with Crippen LogP contribution in [0.4, 0.5) is 0 Å². The molecule has 2 unspecified atom stereocenters. The van der Waals surface area contributed by atoms with Crippen LogP contribution in [0.15, 0.2) is 47.7 Å². The van der Waals surface area contributed by atoms with Gasteiger partial charge in [0, 0.05) is 30.2 Å². The monoisotopic (exact) mass is 371 g/mol. The van der Waals surface area contributed by atoms with E-state index in [9.17, 15) is 0 Å². The van der Waals surface area contributed by atoms with Crippen molar-refractivity contribution in [2.45, 2.75) is 50.6 Å². The fourth-order valence-corrected chi connectivity index (χ4v) is 4.17. The molecule has 0 bridgehead atoms. The van der Waals surface area contributed by atoms with Gasteiger partial charge in [-0.1, -0.05) is 24.3 Å². The Bertz CT molecular complexity index is 698. The molecule has 3 rings (SSSR count). The van der Waals surface area contributed by atoms with Crippen LogP contribution in [0.2, 0.25) is 0 Å². The first-order chi connectivity index (χ1) is 12.8. The Balaban J connectivity index is 1.60. The molecular formula is C20H29N5S. The van der Waals surface area contributed by atoms with Crippen molar-refractivity contribution in [1.82, 2.24) is 20.4 Å². The van der Waals surface area contributed by atoms with Gasteiger partial charge in [-0.15, -0.1) is 0 Å². The van der Waals surface area contributed by atoms with Gasteiger partial charge < -0.3 is 10.6 Å². The van der Waals surface area contributed by atoms with Gasteiger partial charge >= 0.3 is 0 Å². The number of guanidine groups is 1. The standard InChI is InChI=1S/C20H29N5S/c1-3-21-20(24-18-8-9-19(13-18)26-2)22-14-16-6-4-7-17(12-16)15-25-11-5-10-23-25/h4-7,10-12,18-19H,3,8-9,13-15H2,1-2H3,(H2,21,22,24). The van der Waals surface area contributed by atoms with Crippen LogP contribution in [0.1, 0.15) is 37.3 Å². The van der Waals surface area contributed by atoms with Gasteiger partial charge in [-0.25, -0.2) is 4.99 Å². The molecule has 2 N–H and O–H groups in total. The van der Waals surface area contributed by atoms with Crippen molar-refractivity contribution in [2.24, 2.45) is 4.99 Å². The Kier molecular flexibility index (Phi) is 7.00. The predicted octanol–water partition coefficient (Wildman–Crippen LogP) is 3.27. The molecule has 1 fully saturated rings. The molecule has 1 aromatic carbocycles. The van der Waals surface area contributed by atoms with Crippen molar-refractivity contribution in [2.75, 3.05) is 12.8 Å². The highest BCUT2D eigenvalue weighted by molar-refractivity contribution is 7.99. The number of benzene rings is 1. The molecule has 1 saturated carbocycles. The molecule has 1 aromatic heterocycles. The van der Waals surface area contributed by atoms with Gasteiger partial charge in [0.15, 0.2) is 5.96 Å². The minimum Gasteiger partial charge on any atom is -0.357 e. The van der Waals surface area contributed by atoms with E-state index in [1.807, 2.05) is 34.9 Å². The SMILES string of the molecule is CCNC(=NCc1cccc(Cn2cccn2)c1)NC1CCC(SC)C1. The summed E-state index contributed by atoms with van der Waals surface area (Å²) in [5.41, 5.74) is 2.47. The summed E-state index contributed by atoms with van der Waals surface area (Å²) in [4.78, 5) is 4.80. The van der Waals surface area contributed by atoms with Crippen molar-refractivity contribution in [1.29, 1.82) is 0 Å². The lowest BCUT2D eigenvalue weighted by atomic mass is 10.1. The Morgan fingerprint density at radius 1 is 1.31 bits per heavy atom. The Morgan fingerprint density at radius 2 is 2.19 bits per heavy atom. The lowest BCUT2D eigenvalue weighted by Gasteiger charge is -2.17. The van der Waals surface area contributed by atoms with Gasteiger partial charge in [0.2, 0.25) is 0 Å². The number of thioether (sulfide) groups is 1. The summed E-state index contributed by atoms with van der Waals surface area (Å²) < 4.78 is 1.94. The number of nitrogens with one attached hydrogen (secondary N) is 2. The van der Waals surface area contributed by atoms with Crippen LogP contribution in [0, 0.1) is 0 Å². The maximum Gasteiger partial charge on any atom is 0.191 e. The second kappa shape index (κ2) is 9.67. The molecule has 2 aromatic rings. The van der Waals surface area contributed by atoms with Crippen molar-refractivity contribution < 1.29 is 0 Å². The zero-order chi connectivity index (χ0) is 18.2. The van der Waals surface area contributed by atoms with Crippen LogP contribution >= 0.6 is 11.8 Å². The van der Waals surface area contributed by atoms with Crippen molar-refractivity contribution in [3.05, 3.63) is 53.9 Å². The Hall–Kier alpha value is -1.95. The zero-order valence-corrected chi connectivity index (χ0v) is 16.5. The summed E-state index contributed by atoms with van der Waals surface area (Å²) in [6.07, 6.45) is 9.77. The molecule has 0 aliphatic heterocycles. The number of nitrogens with zero attached hydrogens (tertiary/aromatic N) is 3. The highest BCUT2D eigenvalue weighted by atomic mass is 32.2. The van der Waals surface area contributed by atoms with E-state index in [0.29, 0.717) is 12.6 Å². The minimum absolute atomic E-state index is 0.538. The number of rotatable bonds is 7. The number of hydrogen-bond acceptors (Lipinski definition) is 3. The van der Waals surface area contributed by atoms with Gasteiger partial charge in [0.05, 0.1) is 13.1 Å². The fraction of sp³-hybridized carbons (Fsp3) is 0.500. The molecule has 0 spiro atoms. The highest BCUT2D eigenvalue weighted by Crippen LogP contribution is 2.28. The third-order valence-corrected chi connectivity index (χ3v) is 5.81. The first-order valence-corrected chi connectivity index (χ1v) is 10.7. The minimum atomic E-state index is 0.538. The number of aromatic nitrogens is 2. The average Bonchev–Trinajstić information content (AvgIpc) is 3.32. The van der Waals surface area contributed by atoms with Gasteiger partial charge in [-0.2, -0.15) is 16.9 Å². The van der Waals surface area contributed by atoms with E-state index in [1.54, 1.807) is 0 Å². The van der Waals surface area contributed by atoms with Crippen LogP contribution in [-0.2, 0) is 13.1 Å². The first-order valence-electron chi connectivity index (χ1n) is 9.39. The van der Waals surface area contributed by atoms with Gasteiger partial charge in [0.1, 0.15) is 0 Å².